The largest absolute Gasteiger partial charge is 0.463 e. The fourth-order valence-corrected chi connectivity index (χ4v) is 2.36. The molecule has 0 saturated carbocycles. The molecule has 1 aliphatic rings. The van der Waals surface area contributed by atoms with E-state index in [0.717, 1.165) is 29.9 Å². The van der Waals surface area contributed by atoms with Gasteiger partial charge in [0.05, 0.1) is 6.04 Å². The lowest BCUT2D eigenvalue weighted by atomic mass is 10.1. The first-order valence-corrected chi connectivity index (χ1v) is 7.44. The summed E-state index contributed by atoms with van der Waals surface area (Å²) < 4.78 is 5.16. The normalized spacial score (nSPS) is 17.0. The molecule has 3 rings (SSSR count). The maximum atomic E-state index is 5.51. The van der Waals surface area contributed by atoms with Gasteiger partial charge in [-0.3, -0.25) is 0 Å². The van der Waals surface area contributed by atoms with Gasteiger partial charge in [0.2, 0.25) is 0 Å². The zero-order chi connectivity index (χ0) is 15.4. The monoisotopic (exact) mass is 296 g/mol. The van der Waals surface area contributed by atoms with Gasteiger partial charge in [0.25, 0.3) is 6.02 Å². The van der Waals surface area contributed by atoms with Gasteiger partial charge in [-0.05, 0) is 49.1 Å². The molecule has 22 heavy (non-hydrogen) atoms. The molecule has 0 amide bonds. The Labute approximate surface area is 130 Å². The SMILES string of the molecule is Cc1ccc(Nc2ccc(CC[C@H]3COC(N)=N3)cc2)nc1. The molecule has 0 spiro atoms. The highest BCUT2D eigenvalue weighted by molar-refractivity contribution is 5.73. The number of pyridine rings is 1. The first kappa shape index (κ1) is 14.4. The van der Waals surface area contributed by atoms with Crippen molar-refractivity contribution in [3.05, 3.63) is 53.7 Å². The highest BCUT2D eigenvalue weighted by Crippen LogP contribution is 2.17. The van der Waals surface area contributed by atoms with E-state index in [1.807, 2.05) is 25.3 Å². The third kappa shape index (κ3) is 3.75. The number of rotatable bonds is 5. The van der Waals surface area contributed by atoms with Gasteiger partial charge in [0.15, 0.2) is 0 Å². The predicted molar refractivity (Wildman–Crippen MR) is 88.4 cm³/mol. The van der Waals surface area contributed by atoms with E-state index < -0.39 is 0 Å². The zero-order valence-electron chi connectivity index (χ0n) is 12.6. The maximum absolute atomic E-state index is 5.51. The zero-order valence-corrected chi connectivity index (χ0v) is 12.6. The molecule has 3 N–H and O–H groups in total. The summed E-state index contributed by atoms with van der Waals surface area (Å²) in [6.45, 7) is 2.63. The van der Waals surface area contributed by atoms with E-state index in [0.29, 0.717) is 12.6 Å². The summed E-state index contributed by atoms with van der Waals surface area (Å²) in [5.41, 5.74) is 8.98. The molecular formula is C17H20N4O. The summed E-state index contributed by atoms with van der Waals surface area (Å²) in [6.07, 6.45) is 3.77. The molecule has 2 aromatic rings. The third-order valence-electron chi connectivity index (χ3n) is 3.64. The number of aromatic nitrogens is 1. The van der Waals surface area contributed by atoms with E-state index in [2.05, 4.69) is 39.6 Å². The molecule has 0 bridgehead atoms. The number of hydrogen-bond donors (Lipinski definition) is 2. The fraction of sp³-hybridized carbons (Fsp3) is 0.294. The molecule has 2 heterocycles. The lowest BCUT2D eigenvalue weighted by Crippen LogP contribution is -2.10. The summed E-state index contributed by atoms with van der Waals surface area (Å²) in [6, 6.07) is 12.9. The minimum absolute atomic E-state index is 0.189. The molecule has 0 saturated heterocycles. The molecule has 0 aliphatic carbocycles. The second-order valence-electron chi connectivity index (χ2n) is 5.51. The summed E-state index contributed by atoms with van der Waals surface area (Å²) >= 11 is 0. The van der Waals surface area contributed by atoms with Crippen LogP contribution in [0.3, 0.4) is 0 Å². The predicted octanol–water partition coefficient (Wildman–Crippen LogP) is 2.78. The molecular weight excluding hydrogens is 276 g/mol. The first-order chi connectivity index (χ1) is 10.7. The maximum Gasteiger partial charge on any atom is 0.282 e. The van der Waals surface area contributed by atoms with Gasteiger partial charge in [-0.1, -0.05) is 18.2 Å². The molecule has 0 fully saturated rings. The number of anilines is 2. The Morgan fingerprint density at radius 3 is 2.68 bits per heavy atom. The Morgan fingerprint density at radius 2 is 2.05 bits per heavy atom. The summed E-state index contributed by atoms with van der Waals surface area (Å²) in [7, 11) is 0. The summed E-state index contributed by atoms with van der Waals surface area (Å²) in [5, 5.41) is 3.29. The van der Waals surface area contributed by atoms with Gasteiger partial charge in [0.1, 0.15) is 12.4 Å². The van der Waals surface area contributed by atoms with E-state index in [1.165, 1.54) is 5.56 Å². The average Bonchev–Trinajstić information content (AvgIpc) is 2.94. The van der Waals surface area contributed by atoms with Gasteiger partial charge < -0.3 is 15.8 Å². The number of nitrogens with zero attached hydrogens (tertiary/aromatic N) is 2. The number of ether oxygens (including phenoxy) is 1. The number of nitrogens with two attached hydrogens (primary N) is 1. The summed E-state index contributed by atoms with van der Waals surface area (Å²) in [4.78, 5) is 8.58. The van der Waals surface area contributed by atoms with Crippen molar-refractivity contribution in [2.45, 2.75) is 25.8 Å². The number of aryl methyl sites for hydroxylation is 2. The van der Waals surface area contributed by atoms with Crippen molar-refractivity contribution < 1.29 is 4.74 Å². The number of benzene rings is 1. The molecule has 0 radical (unpaired) electrons. The van der Waals surface area contributed by atoms with Gasteiger partial charge in [-0.2, -0.15) is 0 Å². The minimum Gasteiger partial charge on any atom is -0.463 e. The Hall–Kier alpha value is -2.56. The van der Waals surface area contributed by atoms with Crippen LogP contribution >= 0.6 is 0 Å². The van der Waals surface area contributed by atoms with Crippen LogP contribution in [0.15, 0.2) is 47.6 Å². The topological polar surface area (TPSA) is 72.5 Å². The van der Waals surface area contributed by atoms with Crippen LogP contribution in [-0.2, 0) is 11.2 Å². The number of hydrogen-bond acceptors (Lipinski definition) is 5. The molecule has 1 aliphatic heterocycles. The van der Waals surface area contributed by atoms with Crippen molar-refractivity contribution in [2.75, 3.05) is 11.9 Å². The molecule has 1 aromatic heterocycles. The second-order valence-corrected chi connectivity index (χ2v) is 5.51. The smallest absolute Gasteiger partial charge is 0.282 e. The molecule has 114 valence electrons. The van der Waals surface area contributed by atoms with E-state index in [1.54, 1.807) is 0 Å². The van der Waals surface area contributed by atoms with Crippen LogP contribution in [0.4, 0.5) is 11.5 Å². The molecule has 5 heteroatoms. The van der Waals surface area contributed by atoms with Crippen molar-refractivity contribution in [3.63, 3.8) is 0 Å². The van der Waals surface area contributed by atoms with Crippen LogP contribution in [-0.4, -0.2) is 23.7 Å². The van der Waals surface area contributed by atoms with Crippen molar-refractivity contribution in [3.8, 4) is 0 Å². The van der Waals surface area contributed by atoms with Crippen LogP contribution in [0.2, 0.25) is 0 Å². The van der Waals surface area contributed by atoms with E-state index in [4.69, 9.17) is 10.5 Å². The van der Waals surface area contributed by atoms with Crippen molar-refractivity contribution in [2.24, 2.45) is 10.7 Å². The van der Waals surface area contributed by atoms with Crippen LogP contribution in [0.1, 0.15) is 17.5 Å². The molecule has 0 unspecified atom stereocenters. The Morgan fingerprint density at radius 1 is 1.23 bits per heavy atom. The first-order valence-electron chi connectivity index (χ1n) is 7.44. The number of nitrogens with one attached hydrogen (secondary N) is 1. The number of aliphatic imine (C=N–C) groups is 1. The lowest BCUT2D eigenvalue weighted by Gasteiger charge is -2.08. The highest BCUT2D eigenvalue weighted by Gasteiger charge is 2.15. The standard InChI is InChI=1S/C17H20N4O/c1-12-2-9-16(19-10-12)20-14-6-3-13(4-7-14)5-8-15-11-22-17(18)21-15/h2-4,6-7,9-10,15H,5,8,11H2,1H3,(H2,18,21)(H,19,20)/t15-/m0/s1. The van der Waals surface area contributed by atoms with E-state index in [-0.39, 0.29) is 6.04 Å². The molecule has 1 aromatic carbocycles. The van der Waals surface area contributed by atoms with Gasteiger partial charge in [-0.15, -0.1) is 0 Å². The Bertz CT molecular complexity index is 649. The molecule has 1 atom stereocenters. The fourth-order valence-electron chi connectivity index (χ4n) is 2.36. The highest BCUT2D eigenvalue weighted by atomic mass is 16.5. The minimum atomic E-state index is 0.189. The van der Waals surface area contributed by atoms with Crippen molar-refractivity contribution in [1.29, 1.82) is 0 Å². The van der Waals surface area contributed by atoms with Crippen LogP contribution in [0, 0.1) is 6.92 Å². The second kappa shape index (κ2) is 6.47. The Balaban J connectivity index is 1.54. The van der Waals surface area contributed by atoms with Crippen LogP contribution < -0.4 is 11.1 Å². The van der Waals surface area contributed by atoms with Crippen LogP contribution in [0.5, 0.6) is 0 Å². The van der Waals surface area contributed by atoms with Gasteiger partial charge in [0, 0.05) is 11.9 Å². The lowest BCUT2D eigenvalue weighted by molar-refractivity contribution is 0.308. The molecule has 5 nitrogen and oxygen atoms in total. The Kier molecular flexibility index (Phi) is 4.23. The number of amidine groups is 1. The summed E-state index contributed by atoms with van der Waals surface area (Å²) in [5.74, 6) is 0.853. The van der Waals surface area contributed by atoms with E-state index in [9.17, 15) is 0 Å². The van der Waals surface area contributed by atoms with Crippen molar-refractivity contribution >= 4 is 17.5 Å². The van der Waals surface area contributed by atoms with Gasteiger partial charge >= 0.3 is 0 Å². The average molecular weight is 296 g/mol. The third-order valence-corrected chi connectivity index (χ3v) is 3.64. The van der Waals surface area contributed by atoms with Crippen LogP contribution in [0.25, 0.3) is 0 Å². The van der Waals surface area contributed by atoms with Crippen molar-refractivity contribution in [1.82, 2.24) is 4.98 Å². The van der Waals surface area contributed by atoms with Gasteiger partial charge in [-0.25, -0.2) is 9.98 Å². The quantitative estimate of drug-likeness (QED) is 0.890. The van der Waals surface area contributed by atoms with E-state index >= 15 is 0 Å².